The number of aromatic nitrogens is 4. The molecule has 1 saturated carbocycles. The Morgan fingerprint density at radius 3 is 2.45 bits per heavy atom. The summed E-state index contributed by atoms with van der Waals surface area (Å²) in [6.45, 7) is 6.97. The number of hydrogen-bond donors (Lipinski definition) is 0. The summed E-state index contributed by atoms with van der Waals surface area (Å²) in [5.74, 6) is 2.33. The number of fused-ring (bicyclic) bond motifs is 1. The predicted molar refractivity (Wildman–Crippen MR) is 130 cm³/mol. The highest BCUT2D eigenvalue weighted by Crippen LogP contribution is 2.33. The first-order valence-electron chi connectivity index (χ1n) is 12.5. The van der Waals surface area contributed by atoms with E-state index in [0.717, 1.165) is 30.8 Å². The molecule has 1 aromatic carbocycles. The van der Waals surface area contributed by atoms with E-state index in [2.05, 4.69) is 41.1 Å². The third-order valence-corrected chi connectivity index (χ3v) is 7.42. The minimum absolute atomic E-state index is 0.0844. The van der Waals surface area contributed by atoms with E-state index in [1.807, 2.05) is 22.4 Å². The fraction of sp³-hybridized carbons (Fsp3) is 0.538. The van der Waals surface area contributed by atoms with Crippen LogP contribution < -0.4 is 4.90 Å². The Morgan fingerprint density at radius 1 is 1.03 bits per heavy atom. The Bertz CT molecular complexity index is 1090. The minimum atomic E-state index is 0.0844. The molecule has 2 aromatic heterocycles. The van der Waals surface area contributed by atoms with Crippen LogP contribution in [0.4, 0.5) is 5.95 Å². The first-order valence-corrected chi connectivity index (χ1v) is 12.5. The molecule has 1 amide bonds. The first kappa shape index (κ1) is 21.9. The zero-order valence-corrected chi connectivity index (χ0v) is 19.8. The van der Waals surface area contributed by atoms with Crippen molar-refractivity contribution in [3.8, 4) is 11.3 Å². The molecule has 0 N–H and O–H groups in total. The summed E-state index contributed by atoms with van der Waals surface area (Å²) in [4.78, 5) is 25.8. The average Bonchev–Trinajstić information content (AvgIpc) is 3.33. The van der Waals surface area contributed by atoms with Crippen molar-refractivity contribution in [2.45, 2.75) is 58.3 Å². The molecule has 7 heteroatoms. The summed E-state index contributed by atoms with van der Waals surface area (Å²) in [7, 11) is 0. The van der Waals surface area contributed by atoms with E-state index in [9.17, 15) is 4.79 Å². The smallest absolute Gasteiger partial charge is 0.254 e. The van der Waals surface area contributed by atoms with Gasteiger partial charge in [-0.1, -0.05) is 57.4 Å². The number of anilines is 1. The van der Waals surface area contributed by atoms with E-state index in [-0.39, 0.29) is 11.8 Å². The molecular weight excluding hydrogens is 412 g/mol. The molecule has 33 heavy (non-hydrogen) atoms. The molecule has 2 fully saturated rings. The van der Waals surface area contributed by atoms with Crippen molar-refractivity contribution >= 4 is 17.6 Å². The Labute approximate surface area is 195 Å². The maximum Gasteiger partial charge on any atom is 0.254 e. The molecule has 7 nitrogen and oxygen atoms in total. The van der Waals surface area contributed by atoms with Crippen molar-refractivity contribution in [3.63, 3.8) is 0 Å². The summed E-state index contributed by atoms with van der Waals surface area (Å²) in [6, 6.07) is 11.0. The number of benzene rings is 1. The number of carbonyl (C=O) groups excluding carboxylic acids is 1. The summed E-state index contributed by atoms with van der Waals surface area (Å²) in [6.07, 6.45) is 9.37. The first-order chi connectivity index (χ1) is 16.1. The predicted octanol–water partition coefficient (Wildman–Crippen LogP) is 4.53. The molecule has 2 aliphatic rings. The maximum absolute atomic E-state index is 12.5. The molecule has 1 saturated heterocycles. The van der Waals surface area contributed by atoms with E-state index in [0.29, 0.717) is 30.7 Å². The topological polar surface area (TPSA) is 66.6 Å². The van der Waals surface area contributed by atoms with Crippen LogP contribution in [0.25, 0.3) is 17.0 Å². The van der Waals surface area contributed by atoms with Gasteiger partial charge >= 0.3 is 0 Å². The molecule has 0 radical (unpaired) electrons. The molecule has 3 heterocycles. The Hall–Kier alpha value is -2.96. The van der Waals surface area contributed by atoms with Gasteiger partial charge in [0, 0.05) is 43.9 Å². The molecule has 0 unspecified atom stereocenters. The van der Waals surface area contributed by atoms with Crippen LogP contribution in [0.5, 0.6) is 0 Å². The fourth-order valence-corrected chi connectivity index (χ4v) is 5.11. The van der Waals surface area contributed by atoms with Gasteiger partial charge in [-0.3, -0.25) is 4.79 Å². The van der Waals surface area contributed by atoms with Crippen molar-refractivity contribution in [1.82, 2.24) is 24.5 Å². The van der Waals surface area contributed by atoms with Gasteiger partial charge in [-0.05, 0) is 36.8 Å². The molecule has 0 bridgehead atoms. The van der Waals surface area contributed by atoms with Gasteiger partial charge in [0.05, 0.1) is 5.69 Å². The zero-order chi connectivity index (χ0) is 22.8. The second-order valence-electron chi connectivity index (χ2n) is 9.53. The number of rotatable bonds is 5. The second-order valence-corrected chi connectivity index (χ2v) is 9.53. The van der Waals surface area contributed by atoms with Crippen molar-refractivity contribution in [2.75, 3.05) is 31.1 Å². The maximum atomic E-state index is 12.5. The molecule has 1 aliphatic heterocycles. The van der Waals surface area contributed by atoms with E-state index in [1.54, 1.807) is 6.20 Å². The minimum Gasteiger partial charge on any atom is -0.339 e. The standard InChI is InChI=1S/C26H34N6O/c1-3-19(2)24(33)30-15-17-31(18-16-30)26-28-25-27-14-13-23(32(25)29-26)22-11-9-21(10-12-22)20-7-5-4-6-8-20/h9-14,19-20H,3-8,15-18H2,1-2H3/t19-/m0/s1. The summed E-state index contributed by atoms with van der Waals surface area (Å²) >= 11 is 0. The fourth-order valence-electron chi connectivity index (χ4n) is 5.11. The van der Waals surface area contributed by atoms with Crippen LogP contribution in [-0.2, 0) is 4.79 Å². The monoisotopic (exact) mass is 446 g/mol. The number of carbonyl (C=O) groups is 1. The largest absolute Gasteiger partial charge is 0.339 e. The van der Waals surface area contributed by atoms with Crippen LogP contribution in [-0.4, -0.2) is 56.6 Å². The van der Waals surface area contributed by atoms with Crippen molar-refractivity contribution < 1.29 is 4.79 Å². The van der Waals surface area contributed by atoms with Crippen LogP contribution in [0.3, 0.4) is 0 Å². The van der Waals surface area contributed by atoms with Crippen LogP contribution in [0.1, 0.15) is 63.9 Å². The third-order valence-electron chi connectivity index (χ3n) is 7.42. The summed E-state index contributed by atoms with van der Waals surface area (Å²) in [5.41, 5.74) is 3.58. The van der Waals surface area contributed by atoms with Crippen LogP contribution in [0.2, 0.25) is 0 Å². The highest BCUT2D eigenvalue weighted by atomic mass is 16.2. The quantitative estimate of drug-likeness (QED) is 0.576. The molecule has 3 aromatic rings. The lowest BCUT2D eigenvalue weighted by Crippen LogP contribution is -2.50. The SMILES string of the molecule is CC[C@H](C)C(=O)N1CCN(c2nc3nccc(-c4ccc(C5CCCCC5)cc4)n3n2)CC1. The molecule has 174 valence electrons. The number of hydrogen-bond acceptors (Lipinski definition) is 5. The highest BCUT2D eigenvalue weighted by molar-refractivity contribution is 5.78. The number of piperazine rings is 1. The van der Waals surface area contributed by atoms with Gasteiger partial charge in [0.25, 0.3) is 5.78 Å². The van der Waals surface area contributed by atoms with Gasteiger partial charge < -0.3 is 9.80 Å². The molecule has 1 aliphatic carbocycles. The Balaban J connectivity index is 1.33. The van der Waals surface area contributed by atoms with Gasteiger partial charge in [0.2, 0.25) is 11.9 Å². The number of nitrogens with zero attached hydrogens (tertiary/aromatic N) is 6. The lowest BCUT2D eigenvalue weighted by atomic mass is 9.84. The Morgan fingerprint density at radius 2 is 1.76 bits per heavy atom. The number of amides is 1. The third kappa shape index (κ3) is 4.45. The van der Waals surface area contributed by atoms with Crippen LogP contribution in [0.15, 0.2) is 36.5 Å². The Kier molecular flexibility index (Phi) is 6.29. The highest BCUT2D eigenvalue weighted by Gasteiger charge is 2.26. The lowest BCUT2D eigenvalue weighted by Gasteiger charge is -2.35. The molecular formula is C26H34N6O. The van der Waals surface area contributed by atoms with E-state index in [1.165, 1.54) is 37.7 Å². The van der Waals surface area contributed by atoms with Crippen LogP contribution in [0, 0.1) is 5.92 Å². The van der Waals surface area contributed by atoms with Gasteiger partial charge in [0.1, 0.15) is 0 Å². The second kappa shape index (κ2) is 9.49. The van der Waals surface area contributed by atoms with E-state index < -0.39 is 0 Å². The lowest BCUT2D eigenvalue weighted by molar-refractivity contribution is -0.135. The van der Waals surface area contributed by atoms with E-state index >= 15 is 0 Å². The molecule has 5 rings (SSSR count). The van der Waals surface area contributed by atoms with Gasteiger partial charge in [0.15, 0.2) is 0 Å². The van der Waals surface area contributed by atoms with Gasteiger partial charge in [-0.15, -0.1) is 5.10 Å². The molecule has 1 atom stereocenters. The van der Waals surface area contributed by atoms with Gasteiger partial charge in [-0.2, -0.15) is 9.50 Å². The summed E-state index contributed by atoms with van der Waals surface area (Å²) in [5, 5.41) is 4.81. The summed E-state index contributed by atoms with van der Waals surface area (Å²) < 4.78 is 1.85. The van der Waals surface area contributed by atoms with Crippen LogP contribution >= 0.6 is 0 Å². The normalized spacial score (nSPS) is 18.6. The van der Waals surface area contributed by atoms with Crippen molar-refractivity contribution in [2.24, 2.45) is 5.92 Å². The van der Waals surface area contributed by atoms with Crippen molar-refractivity contribution in [3.05, 3.63) is 42.1 Å². The average molecular weight is 447 g/mol. The van der Waals surface area contributed by atoms with E-state index in [4.69, 9.17) is 10.1 Å². The zero-order valence-electron chi connectivity index (χ0n) is 19.8. The molecule has 0 spiro atoms. The van der Waals surface area contributed by atoms with Crippen molar-refractivity contribution in [1.29, 1.82) is 0 Å². The van der Waals surface area contributed by atoms with Gasteiger partial charge in [-0.25, -0.2) is 4.98 Å².